The summed E-state index contributed by atoms with van der Waals surface area (Å²) >= 11 is 6.20. The molecule has 1 saturated heterocycles. The lowest BCUT2D eigenvalue weighted by atomic mass is 10.2. The van der Waals surface area contributed by atoms with Crippen molar-refractivity contribution >= 4 is 17.4 Å². The molecule has 1 fully saturated rings. The van der Waals surface area contributed by atoms with Crippen LogP contribution in [-0.2, 0) is 13.2 Å². The first kappa shape index (κ1) is 15.3. The summed E-state index contributed by atoms with van der Waals surface area (Å²) in [5.74, 6) is 0.699. The zero-order valence-corrected chi connectivity index (χ0v) is 13.1. The fraction of sp³-hybridized carbons (Fsp3) is 0.353. The predicted octanol–water partition coefficient (Wildman–Crippen LogP) is 2.91. The van der Waals surface area contributed by atoms with Gasteiger partial charge in [-0.3, -0.25) is 4.90 Å². The van der Waals surface area contributed by atoms with Crippen molar-refractivity contribution in [2.24, 2.45) is 0 Å². The number of aliphatic hydroxyl groups is 1. The monoisotopic (exact) mass is 317 g/mol. The summed E-state index contributed by atoms with van der Waals surface area (Å²) in [4.78, 5) is 6.73. The zero-order valence-electron chi connectivity index (χ0n) is 12.4. The van der Waals surface area contributed by atoms with Crippen molar-refractivity contribution in [2.45, 2.75) is 25.6 Å². The van der Waals surface area contributed by atoms with E-state index < -0.39 is 0 Å². The van der Waals surface area contributed by atoms with Crippen molar-refractivity contribution in [3.63, 3.8) is 0 Å². The van der Waals surface area contributed by atoms with Gasteiger partial charge in [-0.1, -0.05) is 41.9 Å². The van der Waals surface area contributed by atoms with Gasteiger partial charge in [-0.2, -0.15) is 0 Å². The summed E-state index contributed by atoms with van der Waals surface area (Å²) in [5, 5.41) is 13.1. The molecule has 0 bridgehead atoms. The minimum Gasteiger partial charge on any atom is -0.392 e. The molecular formula is C17H20ClN3O. The highest BCUT2D eigenvalue weighted by Crippen LogP contribution is 2.23. The Morgan fingerprint density at radius 3 is 2.82 bits per heavy atom. The van der Waals surface area contributed by atoms with Gasteiger partial charge in [0.25, 0.3) is 0 Å². The van der Waals surface area contributed by atoms with Crippen LogP contribution in [0.5, 0.6) is 0 Å². The van der Waals surface area contributed by atoms with Gasteiger partial charge in [-0.15, -0.1) is 0 Å². The minimum atomic E-state index is -0.0404. The van der Waals surface area contributed by atoms with Gasteiger partial charge in [0.05, 0.1) is 11.6 Å². The molecule has 5 heteroatoms. The van der Waals surface area contributed by atoms with Gasteiger partial charge in [0.1, 0.15) is 5.82 Å². The molecule has 2 N–H and O–H groups in total. The quantitative estimate of drug-likeness (QED) is 0.890. The molecule has 3 rings (SSSR count). The number of aromatic nitrogens is 1. The van der Waals surface area contributed by atoms with Gasteiger partial charge >= 0.3 is 0 Å². The number of hydrogen-bond acceptors (Lipinski definition) is 4. The maximum atomic E-state index is 9.09. The van der Waals surface area contributed by atoms with Crippen molar-refractivity contribution in [1.29, 1.82) is 0 Å². The predicted molar refractivity (Wildman–Crippen MR) is 88.9 cm³/mol. The number of halogens is 1. The molecule has 0 aliphatic carbocycles. The lowest BCUT2D eigenvalue weighted by Gasteiger charge is -2.17. The van der Waals surface area contributed by atoms with Crippen LogP contribution in [0.2, 0.25) is 5.02 Å². The molecule has 0 unspecified atom stereocenters. The maximum absolute atomic E-state index is 9.09. The molecule has 1 aliphatic heterocycles. The fourth-order valence-corrected chi connectivity index (χ4v) is 3.04. The molecular weight excluding hydrogens is 298 g/mol. The van der Waals surface area contributed by atoms with Gasteiger partial charge in [0, 0.05) is 31.9 Å². The second-order valence-electron chi connectivity index (χ2n) is 5.68. The third kappa shape index (κ3) is 3.77. The Bertz CT molecular complexity index is 621. The number of aliphatic hydroxyl groups excluding tert-OH is 1. The Morgan fingerprint density at radius 1 is 1.27 bits per heavy atom. The van der Waals surface area contributed by atoms with Crippen LogP contribution in [0.1, 0.15) is 17.5 Å². The van der Waals surface area contributed by atoms with E-state index >= 15 is 0 Å². The molecule has 2 aromatic rings. The number of nitrogens with zero attached hydrogens (tertiary/aromatic N) is 2. The van der Waals surface area contributed by atoms with E-state index in [4.69, 9.17) is 16.7 Å². The standard InChI is InChI=1S/C17H20ClN3O/c18-16-8-14(12-22)9-19-17(16)20-15-6-7-21(11-15)10-13-4-2-1-3-5-13/h1-5,8-9,15,22H,6-7,10-12H2,(H,19,20)/t15-/m0/s1. The minimum absolute atomic E-state index is 0.0404. The Hall–Kier alpha value is -1.62. The van der Waals surface area contributed by atoms with Crippen LogP contribution in [0.4, 0.5) is 5.82 Å². The van der Waals surface area contributed by atoms with Crippen LogP contribution < -0.4 is 5.32 Å². The van der Waals surface area contributed by atoms with Crippen LogP contribution in [0, 0.1) is 0 Å². The molecule has 0 saturated carbocycles. The normalized spacial score (nSPS) is 18.5. The number of rotatable bonds is 5. The first-order chi connectivity index (χ1) is 10.7. The highest BCUT2D eigenvalue weighted by molar-refractivity contribution is 6.32. The van der Waals surface area contributed by atoms with Crippen LogP contribution in [-0.4, -0.2) is 34.1 Å². The van der Waals surface area contributed by atoms with Crippen molar-refractivity contribution in [3.05, 3.63) is 58.7 Å². The molecule has 22 heavy (non-hydrogen) atoms. The molecule has 1 aliphatic rings. The van der Waals surface area contributed by atoms with Gasteiger partial charge < -0.3 is 10.4 Å². The second kappa shape index (κ2) is 7.09. The van der Waals surface area contributed by atoms with E-state index in [1.54, 1.807) is 12.3 Å². The molecule has 0 amide bonds. The van der Waals surface area contributed by atoms with Crippen LogP contribution in [0.25, 0.3) is 0 Å². The fourth-order valence-electron chi connectivity index (χ4n) is 2.80. The number of nitrogens with one attached hydrogen (secondary N) is 1. The van der Waals surface area contributed by atoms with E-state index in [1.165, 1.54) is 5.56 Å². The molecule has 4 nitrogen and oxygen atoms in total. The molecule has 1 aromatic carbocycles. The van der Waals surface area contributed by atoms with Gasteiger partial charge in [0.15, 0.2) is 0 Å². The van der Waals surface area contributed by atoms with Crippen LogP contribution in [0.3, 0.4) is 0 Å². The van der Waals surface area contributed by atoms with Crippen molar-refractivity contribution < 1.29 is 5.11 Å². The SMILES string of the molecule is OCc1cnc(N[C@H]2CCN(Cc3ccccc3)C2)c(Cl)c1. The number of anilines is 1. The van der Waals surface area contributed by atoms with Gasteiger partial charge in [-0.25, -0.2) is 4.98 Å². The van der Waals surface area contributed by atoms with Crippen molar-refractivity contribution in [2.75, 3.05) is 18.4 Å². The Kier molecular flexibility index (Phi) is 4.93. The topological polar surface area (TPSA) is 48.4 Å². The Morgan fingerprint density at radius 2 is 2.09 bits per heavy atom. The smallest absolute Gasteiger partial charge is 0.145 e. The Labute approximate surface area is 135 Å². The average molecular weight is 318 g/mol. The number of likely N-dealkylation sites (tertiary alicyclic amines) is 1. The molecule has 0 radical (unpaired) electrons. The highest BCUT2D eigenvalue weighted by Gasteiger charge is 2.23. The number of benzene rings is 1. The maximum Gasteiger partial charge on any atom is 0.145 e. The largest absolute Gasteiger partial charge is 0.392 e. The summed E-state index contributed by atoms with van der Waals surface area (Å²) in [6.45, 7) is 2.98. The average Bonchev–Trinajstić information content (AvgIpc) is 2.97. The summed E-state index contributed by atoms with van der Waals surface area (Å²) in [6.07, 6.45) is 2.73. The van der Waals surface area contributed by atoms with E-state index in [0.717, 1.165) is 31.6 Å². The lowest BCUT2D eigenvalue weighted by Crippen LogP contribution is -2.26. The second-order valence-corrected chi connectivity index (χ2v) is 6.09. The molecule has 0 spiro atoms. The molecule has 1 aromatic heterocycles. The van der Waals surface area contributed by atoms with Gasteiger partial charge in [0.2, 0.25) is 0 Å². The highest BCUT2D eigenvalue weighted by atomic mass is 35.5. The third-order valence-electron chi connectivity index (χ3n) is 3.94. The van der Waals surface area contributed by atoms with Crippen LogP contribution in [0.15, 0.2) is 42.6 Å². The lowest BCUT2D eigenvalue weighted by molar-refractivity contribution is 0.281. The first-order valence-corrected chi connectivity index (χ1v) is 7.90. The summed E-state index contributed by atoms with van der Waals surface area (Å²) in [5.41, 5.74) is 2.07. The van der Waals surface area contributed by atoms with E-state index in [2.05, 4.69) is 39.5 Å². The van der Waals surface area contributed by atoms with E-state index in [-0.39, 0.29) is 6.61 Å². The van der Waals surface area contributed by atoms with Gasteiger partial charge in [-0.05, 0) is 23.6 Å². The molecule has 116 valence electrons. The van der Waals surface area contributed by atoms with Crippen LogP contribution >= 0.6 is 11.6 Å². The van der Waals surface area contributed by atoms with Crippen molar-refractivity contribution in [1.82, 2.24) is 9.88 Å². The Balaban J connectivity index is 1.57. The zero-order chi connectivity index (χ0) is 15.4. The van der Waals surface area contributed by atoms with E-state index in [1.807, 2.05) is 6.07 Å². The van der Waals surface area contributed by atoms with Crippen molar-refractivity contribution in [3.8, 4) is 0 Å². The molecule has 1 atom stereocenters. The summed E-state index contributed by atoms with van der Waals surface area (Å²) in [6, 6.07) is 12.6. The molecule has 2 heterocycles. The van der Waals surface area contributed by atoms with E-state index in [0.29, 0.717) is 16.9 Å². The number of pyridine rings is 1. The number of hydrogen-bond donors (Lipinski definition) is 2. The summed E-state index contributed by atoms with van der Waals surface area (Å²) < 4.78 is 0. The summed E-state index contributed by atoms with van der Waals surface area (Å²) in [7, 11) is 0. The first-order valence-electron chi connectivity index (χ1n) is 7.52. The third-order valence-corrected chi connectivity index (χ3v) is 4.23. The van der Waals surface area contributed by atoms with E-state index in [9.17, 15) is 0 Å².